The monoisotopic (exact) mass is 219 g/mol. The van der Waals surface area contributed by atoms with Crippen LogP contribution in [0.3, 0.4) is 0 Å². The van der Waals surface area contributed by atoms with E-state index in [-0.39, 0.29) is 0 Å². The van der Waals surface area contributed by atoms with Crippen molar-refractivity contribution in [3.63, 3.8) is 0 Å². The van der Waals surface area contributed by atoms with E-state index in [0.717, 1.165) is 12.1 Å². The van der Waals surface area contributed by atoms with E-state index >= 15 is 0 Å². The molecule has 0 spiro atoms. The molecule has 0 amide bonds. The molecule has 2 N–H and O–H groups in total. The Morgan fingerprint density at radius 2 is 1.69 bits per heavy atom. The summed E-state index contributed by atoms with van der Waals surface area (Å²) in [6.07, 6.45) is 9.23. The predicted molar refractivity (Wildman–Crippen MR) is 72.7 cm³/mol. The van der Waals surface area contributed by atoms with Crippen molar-refractivity contribution in [1.29, 1.82) is 0 Å². The number of benzene rings is 1. The molecule has 1 aromatic rings. The summed E-state index contributed by atoms with van der Waals surface area (Å²) in [6, 6.07) is 6.21. The van der Waals surface area contributed by atoms with Crippen LogP contribution in [0.4, 0.5) is 5.69 Å². The minimum atomic E-state index is 0.966. The Hall–Kier alpha value is -0.980. The molecule has 90 valence electrons. The number of hydrogen-bond acceptors (Lipinski definition) is 1. The molecule has 0 aliphatic carbocycles. The number of nitrogen functional groups attached to an aromatic ring is 1. The zero-order valence-corrected chi connectivity index (χ0v) is 10.8. The summed E-state index contributed by atoms with van der Waals surface area (Å²) in [6.45, 7) is 4.41. The van der Waals surface area contributed by atoms with E-state index in [9.17, 15) is 0 Å². The fourth-order valence-corrected chi connectivity index (χ4v) is 2.15. The van der Waals surface area contributed by atoms with Gasteiger partial charge in [0.25, 0.3) is 0 Å². The van der Waals surface area contributed by atoms with E-state index in [0.29, 0.717) is 0 Å². The maximum Gasteiger partial charge on any atom is 0.0349 e. The molecular formula is C15H25N. The third-order valence-corrected chi connectivity index (χ3v) is 3.23. The van der Waals surface area contributed by atoms with E-state index in [2.05, 4.69) is 19.9 Å². The molecule has 16 heavy (non-hydrogen) atoms. The molecule has 0 atom stereocenters. The Morgan fingerprint density at radius 3 is 2.38 bits per heavy atom. The molecule has 1 nitrogen and oxygen atoms in total. The van der Waals surface area contributed by atoms with Crippen LogP contribution in [-0.4, -0.2) is 0 Å². The summed E-state index contributed by atoms with van der Waals surface area (Å²) in [7, 11) is 0. The van der Waals surface area contributed by atoms with Crippen LogP contribution in [0.1, 0.15) is 56.6 Å². The van der Waals surface area contributed by atoms with Crippen molar-refractivity contribution in [2.45, 2.75) is 58.8 Å². The second-order valence-corrected chi connectivity index (χ2v) is 4.66. The van der Waals surface area contributed by atoms with Gasteiger partial charge >= 0.3 is 0 Å². The molecule has 1 heteroatoms. The molecule has 0 unspecified atom stereocenters. The van der Waals surface area contributed by atoms with Crippen LogP contribution >= 0.6 is 0 Å². The van der Waals surface area contributed by atoms with Crippen LogP contribution in [0.5, 0.6) is 0 Å². The molecule has 1 rings (SSSR count). The maximum absolute atomic E-state index is 5.98. The summed E-state index contributed by atoms with van der Waals surface area (Å²) < 4.78 is 0. The Morgan fingerprint density at radius 1 is 1.00 bits per heavy atom. The Labute approximate surface area is 100 Å². The number of anilines is 1. The lowest BCUT2D eigenvalue weighted by atomic mass is 9.99. The predicted octanol–water partition coefficient (Wildman–Crippen LogP) is 4.48. The fourth-order valence-electron chi connectivity index (χ4n) is 2.15. The highest BCUT2D eigenvalue weighted by Gasteiger charge is 2.01. The van der Waals surface area contributed by atoms with Crippen LogP contribution in [0, 0.1) is 6.92 Å². The van der Waals surface area contributed by atoms with Crippen LogP contribution in [0.2, 0.25) is 0 Å². The zero-order chi connectivity index (χ0) is 11.8. The largest absolute Gasteiger partial charge is 0.398 e. The van der Waals surface area contributed by atoms with Gasteiger partial charge in [0, 0.05) is 5.69 Å². The van der Waals surface area contributed by atoms with Crippen LogP contribution in [0.15, 0.2) is 18.2 Å². The van der Waals surface area contributed by atoms with Gasteiger partial charge in [0.15, 0.2) is 0 Å². The molecule has 0 aromatic heterocycles. The number of unbranched alkanes of at least 4 members (excludes halogenated alkanes) is 5. The molecule has 1 aromatic carbocycles. The molecule has 0 radical (unpaired) electrons. The highest BCUT2D eigenvalue weighted by molar-refractivity contribution is 5.50. The lowest BCUT2D eigenvalue weighted by Gasteiger charge is -2.08. The van der Waals surface area contributed by atoms with Crippen molar-refractivity contribution >= 4 is 5.69 Å². The summed E-state index contributed by atoms with van der Waals surface area (Å²) in [4.78, 5) is 0. The number of aryl methyl sites for hydroxylation is 1. The molecule has 0 aliphatic rings. The van der Waals surface area contributed by atoms with Gasteiger partial charge in [0.1, 0.15) is 0 Å². The van der Waals surface area contributed by atoms with Crippen LogP contribution < -0.4 is 5.73 Å². The number of hydrogen-bond donors (Lipinski definition) is 1. The van der Waals surface area contributed by atoms with E-state index in [1.54, 1.807) is 0 Å². The van der Waals surface area contributed by atoms with Crippen molar-refractivity contribution in [3.05, 3.63) is 29.3 Å². The molecule has 0 saturated carbocycles. The third-order valence-electron chi connectivity index (χ3n) is 3.23. The molecule has 0 fully saturated rings. The van der Waals surface area contributed by atoms with Gasteiger partial charge < -0.3 is 5.73 Å². The highest BCUT2D eigenvalue weighted by Crippen LogP contribution is 2.19. The van der Waals surface area contributed by atoms with Gasteiger partial charge in [-0.15, -0.1) is 0 Å². The van der Waals surface area contributed by atoms with Gasteiger partial charge in [-0.25, -0.2) is 0 Å². The quantitative estimate of drug-likeness (QED) is 0.531. The van der Waals surface area contributed by atoms with E-state index in [4.69, 9.17) is 5.73 Å². The summed E-state index contributed by atoms with van der Waals surface area (Å²) >= 11 is 0. The average molecular weight is 219 g/mol. The lowest BCUT2D eigenvalue weighted by molar-refractivity contribution is 0.607. The third kappa shape index (κ3) is 4.26. The first-order chi connectivity index (χ1) is 7.75. The highest BCUT2D eigenvalue weighted by atomic mass is 14.6. The second kappa shape index (κ2) is 7.32. The summed E-state index contributed by atoms with van der Waals surface area (Å²) in [5.74, 6) is 0. The molecule has 0 bridgehead atoms. The fraction of sp³-hybridized carbons (Fsp3) is 0.600. The zero-order valence-electron chi connectivity index (χ0n) is 10.8. The van der Waals surface area contributed by atoms with E-state index < -0.39 is 0 Å². The van der Waals surface area contributed by atoms with Crippen molar-refractivity contribution in [2.75, 3.05) is 5.73 Å². The van der Waals surface area contributed by atoms with Gasteiger partial charge in [-0.05, 0) is 37.0 Å². The van der Waals surface area contributed by atoms with Crippen molar-refractivity contribution in [1.82, 2.24) is 0 Å². The normalized spacial score (nSPS) is 10.6. The van der Waals surface area contributed by atoms with Crippen molar-refractivity contribution < 1.29 is 0 Å². The topological polar surface area (TPSA) is 26.0 Å². The lowest BCUT2D eigenvalue weighted by Crippen LogP contribution is -1.97. The Kier molecular flexibility index (Phi) is 5.99. The van der Waals surface area contributed by atoms with Gasteiger partial charge in [-0.3, -0.25) is 0 Å². The number of nitrogens with two attached hydrogens (primary N) is 1. The molecule has 0 heterocycles. The Bertz CT molecular complexity index is 284. The van der Waals surface area contributed by atoms with Crippen LogP contribution in [0.25, 0.3) is 0 Å². The maximum atomic E-state index is 5.98. The second-order valence-electron chi connectivity index (χ2n) is 4.66. The first kappa shape index (κ1) is 13.1. The SMILES string of the molecule is CCCCCCCCc1c(C)cccc1N. The van der Waals surface area contributed by atoms with E-state index in [1.807, 2.05) is 12.1 Å². The van der Waals surface area contributed by atoms with Crippen LogP contribution in [-0.2, 0) is 6.42 Å². The molecular weight excluding hydrogens is 194 g/mol. The summed E-state index contributed by atoms with van der Waals surface area (Å²) in [5.41, 5.74) is 9.65. The molecule has 0 saturated heterocycles. The van der Waals surface area contributed by atoms with E-state index in [1.165, 1.54) is 49.7 Å². The standard InChI is InChI=1S/C15H25N/c1-3-4-5-6-7-8-11-14-13(2)10-9-12-15(14)16/h9-10,12H,3-8,11,16H2,1-2H3. The van der Waals surface area contributed by atoms with Gasteiger partial charge in [0.2, 0.25) is 0 Å². The summed E-state index contributed by atoms with van der Waals surface area (Å²) in [5, 5.41) is 0. The van der Waals surface area contributed by atoms with Gasteiger partial charge in [-0.1, -0.05) is 51.2 Å². The minimum absolute atomic E-state index is 0.966. The van der Waals surface area contributed by atoms with Gasteiger partial charge in [-0.2, -0.15) is 0 Å². The van der Waals surface area contributed by atoms with Gasteiger partial charge in [0.05, 0.1) is 0 Å². The van der Waals surface area contributed by atoms with Crippen molar-refractivity contribution in [3.8, 4) is 0 Å². The molecule has 0 aliphatic heterocycles. The van der Waals surface area contributed by atoms with Crippen molar-refractivity contribution in [2.24, 2.45) is 0 Å². The smallest absolute Gasteiger partial charge is 0.0349 e. The minimum Gasteiger partial charge on any atom is -0.398 e. The first-order valence-corrected chi connectivity index (χ1v) is 6.59. The number of rotatable bonds is 7. The Balaban J connectivity index is 2.26. The average Bonchev–Trinajstić information content (AvgIpc) is 2.26. The first-order valence-electron chi connectivity index (χ1n) is 6.59.